The summed E-state index contributed by atoms with van der Waals surface area (Å²) in [6.45, 7) is -0.161. The van der Waals surface area contributed by atoms with E-state index in [4.69, 9.17) is 5.11 Å². The van der Waals surface area contributed by atoms with Gasteiger partial charge in [0.2, 0.25) is 5.91 Å². The van der Waals surface area contributed by atoms with Gasteiger partial charge in [-0.1, -0.05) is 0 Å². The lowest BCUT2D eigenvalue weighted by molar-refractivity contribution is -0.144. The molecule has 0 aromatic rings. The van der Waals surface area contributed by atoms with Gasteiger partial charge in [-0.3, -0.25) is 14.4 Å². The predicted octanol–water partition coefficient (Wildman–Crippen LogP) is -1.61. The Balaban J connectivity index is 2.28. The first kappa shape index (κ1) is 15.7. The van der Waals surface area contributed by atoms with Gasteiger partial charge >= 0.3 is 18.0 Å². The number of carboxylic acids is 1. The van der Waals surface area contributed by atoms with Gasteiger partial charge in [0.15, 0.2) is 0 Å². The van der Waals surface area contributed by atoms with Crippen molar-refractivity contribution in [2.75, 3.05) is 33.3 Å². The highest BCUT2D eigenvalue weighted by molar-refractivity contribution is 5.86. The molecule has 0 aromatic heterocycles. The predicted molar refractivity (Wildman–Crippen MR) is 65.7 cm³/mol. The van der Waals surface area contributed by atoms with Crippen LogP contribution in [0.15, 0.2) is 0 Å². The van der Waals surface area contributed by atoms with Crippen LogP contribution in [0, 0.1) is 5.92 Å². The van der Waals surface area contributed by atoms with Gasteiger partial charge in [0.1, 0.15) is 6.54 Å². The smallest absolute Gasteiger partial charge is 0.322 e. The van der Waals surface area contributed by atoms with Crippen molar-refractivity contribution in [3.8, 4) is 0 Å². The molecule has 0 aromatic carbocycles. The third-order valence-corrected chi connectivity index (χ3v) is 2.85. The molecule has 0 aliphatic carbocycles. The van der Waals surface area contributed by atoms with E-state index < -0.39 is 24.5 Å². The number of ether oxygens (including phenoxy) is 1. The minimum Gasteiger partial charge on any atom is -0.480 e. The maximum Gasteiger partial charge on any atom is 0.322 e. The quantitative estimate of drug-likeness (QED) is 0.522. The number of methoxy groups -OCH3 is 1. The van der Waals surface area contributed by atoms with Gasteiger partial charge in [0.05, 0.1) is 19.6 Å². The highest BCUT2D eigenvalue weighted by Gasteiger charge is 2.31. The Bertz CT molecular complexity index is 411. The second kappa shape index (κ2) is 7.31. The molecule has 3 N–H and O–H groups in total. The minimum absolute atomic E-state index is 0.245. The first-order valence-electron chi connectivity index (χ1n) is 6.03. The zero-order chi connectivity index (χ0) is 15.1. The van der Waals surface area contributed by atoms with Gasteiger partial charge in [-0.15, -0.1) is 0 Å². The Morgan fingerprint density at radius 3 is 2.55 bits per heavy atom. The molecule has 1 saturated heterocycles. The van der Waals surface area contributed by atoms with Crippen molar-refractivity contribution in [3.63, 3.8) is 0 Å². The number of carboxylic acid groups (broad SMARTS) is 1. The van der Waals surface area contributed by atoms with Gasteiger partial charge in [0, 0.05) is 13.1 Å². The zero-order valence-corrected chi connectivity index (χ0v) is 11.0. The Hall–Kier alpha value is -2.32. The van der Waals surface area contributed by atoms with Crippen molar-refractivity contribution < 1.29 is 29.0 Å². The van der Waals surface area contributed by atoms with Gasteiger partial charge in [-0.25, -0.2) is 4.79 Å². The van der Waals surface area contributed by atoms with Crippen molar-refractivity contribution in [1.82, 2.24) is 15.5 Å². The normalized spacial score (nSPS) is 17.4. The van der Waals surface area contributed by atoms with Crippen LogP contribution in [0.5, 0.6) is 0 Å². The van der Waals surface area contributed by atoms with E-state index in [9.17, 15) is 19.2 Å². The summed E-state index contributed by atoms with van der Waals surface area (Å²) in [6, 6.07) is -0.470. The third kappa shape index (κ3) is 4.75. The van der Waals surface area contributed by atoms with Crippen LogP contribution in [0.25, 0.3) is 0 Å². The molecule has 1 aliphatic rings. The average molecular weight is 287 g/mol. The number of carbonyl (C=O) groups excluding carboxylic acids is 3. The van der Waals surface area contributed by atoms with Crippen LogP contribution in [0.4, 0.5) is 4.79 Å². The lowest BCUT2D eigenvalue weighted by atomic mass is 10.1. The van der Waals surface area contributed by atoms with Crippen molar-refractivity contribution in [2.45, 2.75) is 6.42 Å². The van der Waals surface area contributed by atoms with Gasteiger partial charge in [0.25, 0.3) is 0 Å². The molecule has 20 heavy (non-hydrogen) atoms. The highest BCUT2D eigenvalue weighted by Crippen LogP contribution is 2.17. The molecule has 1 atom stereocenters. The second-order valence-electron chi connectivity index (χ2n) is 4.28. The molecule has 1 fully saturated rings. The van der Waals surface area contributed by atoms with E-state index >= 15 is 0 Å². The maximum atomic E-state index is 11.7. The van der Waals surface area contributed by atoms with E-state index in [-0.39, 0.29) is 25.0 Å². The van der Waals surface area contributed by atoms with E-state index in [1.165, 1.54) is 12.0 Å². The standard InChI is InChI=1S/C11H17N3O6/c1-20-10(18)7-2-3-14(6-7)11(19)13-4-8(15)12-5-9(16)17/h7H,2-6H2,1H3,(H,12,15)(H,13,19)(H,16,17). The van der Waals surface area contributed by atoms with Gasteiger partial charge in [-0.05, 0) is 6.42 Å². The molecule has 1 heterocycles. The fourth-order valence-corrected chi connectivity index (χ4v) is 1.81. The summed E-state index contributed by atoms with van der Waals surface area (Å²) >= 11 is 0. The van der Waals surface area contributed by atoms with E-state index in [0.717, 1.165) is 0 Å². The number of hydrogen-bond donors (Lipinski definition) is 3. The third-order valence-electron chi connectivity index (χ3n) is 2.85. The minimum atomic E-state index is -1.16. The summed E-state index contributed by atoms with van der Waals surface area (Å²) in [7, 11) is 1.29. The molecule has 0 radical (unpaired) electrons. The number of rotatable bonds is 5. The number of carbonyl (C=O) groups is 4. The van der Waals surface area contributed by atoms with Crippen molar-refractivity contribution in [2.24, 2.45) is 5.92 Å². The van der Waals surface area contributed by atoms with Gasteiger partial charge in [-0.2, -0.15) is 0 Å². The van der Waals surface area contributed by atoms with Crippen LogP contribution >= 0.6 is 0 Å². The number of nitrogens with one attached hydrogen (secondary N) is 2. The number of urea groups is 1. The fourth-order valence-electron chi connectivity index (χ4n) is 1.81. The SMILES string of the molecule is COC(=O)C1CCN(C(=O)NCC(=O)NCC(=O)O)C1. The van der Waals surface area contributed by atoms with Crippen LogP contribution < -0.4 is 10.6 Å². The largest absolute Gasteiger partial charge is 0.480 e. The fraction of sp³-hybridized carbons (Fsp3) is 0.636. The molecular formula is C11H17N3O6. The van der Waals surface area contributed by atoms with Gasteiger partial charge < -0.3 is 25.4 Å². The molecule has 3 amide bonds. The summed E-state index contributed by atoms with van der Waals surface area (Å²) in [6.07, 6.45) is 0.519. The summed E-state index contributed by atoms with van der Waals surface area (Å²) in [4.78, 5) is 45.8. The first-order chi connectivity index (χ1) is 9.43. The van der Waals surface area contributed by atoms with E-state index in [1.54, 1.807) is 0 Å². The summed E-state index contributed by atoms with van der Waals surface area (Å²) < 4.78 is 4.60. The van der Waals surface area contributed by atoms with Crippen molar-refractivity contribution in [3.05, 3.63) is 0 Å². The molecule has 9 nitrogen and oxygen atoms in total. The molecule has 0 saturated carbocycles. The summed E-state index contributed by atoms with van der Waals surface area (Å²) in [5.41, 5.74) is 0. The van der Waals surface area contributed by atoms with Crippen LogP contribution in [0.1, 0.15) is 6.42 Å². The van der Waals surface area contributed by atoms with E-state index in [2.05, 4.69) is 15.4 Å². The molecular weight excluding hydrogens is 270 g/mol. The molecule has 0 spiro atoms. The van der Waals surface area contributed by atoms with Crippen LogP contribution in [0.2, 0.25) is 0 Å². The Morgan fingerprint density at radius 2 is 1.95 bits per heavy atom. The number of esters is 1. The molecule has 0 bridgehead atoms. The van der Waals surface area contributed by atoms with E-state index in [0.29, 0.717) is 13.0 Å². The van der Waals surface area contributed by atoms with Crippen LogP contribution in [-0.2, 0) is 19.1 Å². The van der Waals surface area contributed by atoms with Crippen molar-refractivity contribution in [1.29, 1.82) is 0 Å². The Labute approximate surface area is 115 Å². The monoisotopic (exact) mass is 287 g/mol. The molecule has 1 unspecified atom stereocenters. The summed E-state index contributed by atoms with van der Waals surface area (Å²) in [5.74, 6) is -2.46. The first-order valence-corrected chi connectivity index (χ1v) is 6.03. The zero-order valence-electron chi connectivity index (χ0n) is 11.0. The molecule has 112 valence electrons. The lowest BCUT2D eigenvalue weighted by Gasteiger charge is -2.16. The topological polar surface area (TPSA) is 125 Å². The van der Waals surface area contributed by atoms with E-state index in [1.807, 2.05) is 0 Å². The maximum absolute atomic E-state index is 11.7. The highest BCUT2D eigenvalue weighted by atomic mass is 16.5. The van der Waals surface area contributed by atoms with Crippen molar-refractivity contribution >= 4 is 23.9 Å². The number of nitrogens with zero attached hydrogens (tertiary/aromatic N) is 1. The Morgan fingerprint density at radius 1 is 1.25 bits per heavy atom. The Kier molecular flexibility index (Phi) is 5.75. The molecule has 1 rings (SSSR count). The number of aliphatic carboxylic acids is 1. The number of amides is 3. The second-order valence-corrected chi connectivity index (χ2v) is 4.28. The number of hydrogen-bond acceptors (Lipinski definition) is 5. The molecule has 9 heteroatoms. The average Bonchev–Trinajstić information content (AvgIpc) is 2.91. The molecule has 1 aliphatic heterocycles. The number of likely N-dealkylation sites (tertiary alicyclic amines) is 1. The summed E-state index contributed by atoms with van der Waals surface area (Å²) in [5, 5.41) is 12.8. The van der Waals surface area contributed by atoms with Crippen LogP contribution in [0.3, 0.4) is 0 Å². The lowest BCUT2D eigenvalue weighted by Crippen LogP contribution is -2.44. The van der Waals surface area contributed by atoms with Crippen LogP contribution in [-0.4, -0.2) is 67.2 Å².